The van der Waals surface area contributed by atoms with Gasteiger partial charge in [0.2, 0.25) is 0 Å². The monoisotopic (exact) mass is 352 g/mol. The molecular weight excluding hydrogens is 339 g/mol. The van der Waals surface area contributed by atoms with E-state index in [1.54, 1.807) is 0 Å². The van der Waals surface area contributed by atoms with Crippen LogP contribution in [-0.2, 0) is 6.42 Å². The quantitative estimate of drug-likeness (QED) is 0.630. The van der Waals surface area contributed by atoms with E-state index in [4.69, 9.17) is 11.6 Å². The van der Waals surface area contributed by atoms with Crippen molar-refractivity contribution in [3.63, 3.8) is 0 Å². The zero-order chi connectivity index (χ0) is 11.4. The molecule has 84 valence electrons. The Morgan fingerprint density at radius 2 is 2.07 bits per heavy atom. The molecule has 1 rings (SSSR count). The summed E-state index contributed by atoms with van der Waals surface area (Å²) in [6.07, 6.45) is 2.20. The van der Waals surface area contributed by atoms with Gasteiger partial charge in [-0.25, -0.2) is 0 Å². The van der Waals surface area contributed by atoms with Gasteiger partial charge in [0.25, 0.3) is 0 Å². The van der Waals surface area contributed by atoms with E-state index in [9.17, 15) is 0 Å². The van der Waals surface area contributed by atoms with Crippen molar-refractivity contribution in [1.82, 2.24) is 0 Å². The molecule has 2 atom stereocenters. The van der Waals surface area contributed by atoms with E-state index in [1.807, 2.05) is 12.1 Å². The van der Waals surface area contributed by atoms with Crippen molar-refractivity contribution < 1.29 is 0 Å². The van der Waals surface area contributed by atoms with Crippen LogP contribution in [-0.4, -0.2) is 4.83 Å². The number of benzene rings is 1. The van der Waals surface area contributed by atoms with E-state index in [0.29, 0.717) is 10.7 Å². The summed E-state index contributed by atoms with van der Waals surface area (Å²) in [5.41, 5.74) is 1.23. The van der Waals surface area contributed by atoms with Crippen LogP contribution in [0.25, 0.3) is 0 Å². The highest BCUT2D eigenvalue weighted by Crippen LogP contribution is 2.27. The fraction of sp³-hybridized carbons (Fsp3) is 0.500. The first-order valence-corrected chi connectivity index (χ1v) is 7.21. The lowest BCUT2D eigenvalue weighted by Crippen LogP contribution is -2.13. The summed E-state index contributed by atoms with van der Waals surface area (Å²) in [5, 5.41) is 0.857. The van der Waals surface area contributed by atoms with E-state index < -0.39 is 0 Å². The second-order valence-corrected chi connectivity index (χ2v) is 6.55. The van der Waals surface area contributed by atoms with Crippen molar-refractivity contribution in [2.24, 2.45) is 5.92 Å². The van der Waals surface area contributed by atoms with Crippen LogP contribution in [0.1, 0.15) is 25.8 Å². The van der Waals surface area contributed by atoms with E-state index in [0.717, 1.165) is 15.9 Å². The van der Waals surface area contributed by atoms with Gasteiger partial charge < -0.3 is 0 Å². The van der Waals surface area contributed by atoms with Crippen LogP contribution in [0.5, 0.6) is 0 Å². The molecule has 1 aromatic rings. The summed E-state index contributed by atoms with van der Waals surface area (Å²) in [6, 6.07) is 6.11. The summed E-state index contributed by atoms with van der Waals surface area (Å²) >= 11 is 13.2. The van der Waals surface area contributed by atoms with Crippen LogP contribution in [0.4, 0.5) is 0 Å². The van der Waals surface area contributed by atoms with Gasteiger partial charge in [0.1, 0.15) is 0 Å². The highest BCUT2D eigenvalue weighted by molar-refractivity contribution is 9.10. The SMILES string of the molecule is CCC(Cc1ccc(Br)cc1Cl)C(C)Br. The Kier molecular flexibility index (Phi) is 5.65. The summed E-state index contributed by atoms with van der Waals surface area (Å²) < 4.78 is 1.04. The second-order valence-electron chi connectivity index (χ2n) is 3.79. The van der Waals surface area contributed by atoms with Gasteiger partial charge in [0.15, 0.2) is 0 Å². The standard InChI is InChI=1S/C12H15Br2Cl/c1-3-9(8(2)13)6-10-4-5-11(14)7-12(10)15/h4-5,7-9H,3,6H2,1-2H3. The molecule has 0 aromatic heterocycles. The van der Waals surface area contributed by atoms with Gasteiger partial charge in [-0.3, -0.25) is 0 Å². The molecule has 0 saturated carbocycles. The normalized spacial score (nSPS) is 15.0. The highest BCUT2D eigenvalue weighted by Gasteiger charge is 2.14. The Morgan fingerprint density at radius 1 is 1.40 bits per heavy atom. The van der Waals surface area contributed by atoms with Crippen LogP contribution < -0.4 is 0 Å². The molecule has 0 nitrogen and oxygen atoms in total. The predicted octanol–water partition coefficient (Wildman–Crippen LogP) is 5.45. The van der Waals surface area contributed by atoms with Crippen LogP contribution in [0.2, 0.25) is 5.02 Å². The minimum absolute atomic E-state index is 0.530. The molecule has 2 unspecified atom stereocenters. The summed E-state index contributed by atoms with van der Waals surface area (Å²) in [5.74, 6) is 0.642. The summed E-state index contributed by atoms with van der Waals surface area (Å²) in [4.78, 5) is 0.530. The Hall–Kier alpha value is 0.470. The maximum Gasteiger partial charge on any atom is 0.0449 e. The van der Waals surface area contributed by atoms with Crippen LogP contribution in [0.3, 0.4) is 0 Å². The third-order valence-electron chi connectivity index (χ3n) is 2.67. The van der Waals surface area contributed by atoms with Gasteiger partial charge >= 0.3 is 0 Å². The molecule has 0 spiro atoms. The first-order chi connectivity index (χ1) is 7.04. The second kappa shape index (κ2) is 6.27. The maximum atomic E-state index is 6.19. The van der Waals surface area contributed by atoms with E-state index in [-0.39, 0.29) is 0 Å². The predicted molar refractivity (Wildman–Crippen MR) is 75.0 cm³/mol. The molecule has 0 amide bonds. The van der Waals surface area contributed by atoms with Gasteiger partial charge in [0.05, 0.1) is 0 Å². The number of hydrogen-bond acceptors (Lipinski definition) is 0. The Balaban J connectivity index is 2.79. The molecule has 0 heterocycles. The molecular formula is C12H15Br2Cl. The van der Waals surface area contributed by atoms with Crippen molar-refractivity contribution in [2.45, 2.75) is 31.5 Å². The average Bonchev–Trinajstić information content (AvgIpc) is 2.16. The molecule has 15 heavy (non-hydrogen) atoms. The highest BCUT2D eigenvalue weighted by atomic mass is 79.9. The van der Waals surface area contributed by atoms with Gasteiger partial charge in [-0.2, -0.15) is 0 Å². The molecule has 1 aromatic carbocycles. The number of hydrogen-bond donors (Lipinski definition) is 0. The molecule has 3 heteroatoms. The third-order valence-corrected chi connectivity index (χ3v) is 4.26. The molecule has 0 aliphatic heterocycles. The van der Waals surface area contributed by atoms with Gasteiger partial charge in [0, 0.05) is 14.3 Å². The van der Waals surface area contributed by atoms with Crippen molar-refractivity contribution >= 4 is 43.5 Å². The molecule has 0 N–H and O–H groups in total. The Labute approximate surface area is 114 Å². The van der Waals surface area contributed by atoms with E-state index >= 15 is 0 Å². The molecule has 0 saturated heterocycles. The van der Waals surface area contributed by atoms with Crippen LogP contribution >= 0.6 is 43.5 Å². The third kappa shape index (κ3) is 4.08. The largest absolute Gasteiger partial charge is 0.0891 e. The molecule has 0 aliphatic rings. The average molecular weight is 355 g/mol. The van der Waals surface area contributed by atoms with E-state index in [2.05, 4.69) is 51.8 Å². The molecule has 0 bridgehead atoms. The first kappa shape index (κ1) is 13.5. The topological polar surface area (TPSA) is 0 Å². The Bertz CT molecular complexity index is 323. The Morgan fingerprint density at radius 3 is 2.53 bits per heavy atom. The lowest BCUT2D eigenvalue weighted by molar-refractivity contribution is 0.508. The molecule has 0 radical (unpaired) electrons. The molecule has 0 fully saturated rings. The smallest absolute Gasteiger partial charge is 0.0449 e. The number of alkyl halides is 1. The van der Waals surface area contributed by atoms with Crippen LogP contribution in [0.15, 0.2) is 22.7 Å². The number of rotatable bonds is 4. The zero-order valence-electron chi connectivity index (χ0n) is 8.93. The minimum Gasteiger partial charge on any atom is -0.0891 e. The minimum atomic E-state index is 0.530. The fourth-order valence-corrected chi connectivity index (χ4v) is 2.91. The molecule has 0 aliphatic carbocycles. The zero-order valence-corrected chi connectivity index (χ0v) is 12.9. The van der Waals surface area contributed by atoms with Crippen LogP contribution in [0, 0.1) is 5.92 Å². The lowest BCUT2D eigenvalue weighted by atomic mass is 9.94. The van der Waals surface area contributed by atoms with Crippen molar-refractivity contribution in [1.29, 1.82) is 0 Å². The van der Waals surface area contributed by atoms with Gasteiger partial charge in [-0.05, 0) is 30.0 Å². The van der Waals surface area contributed by atoms with Crippen molar-refractivity contribution in [3.8, 4) is 0 Å². The lowest BCUT2D eigenvalue weighted by Gasteiger charge is -2.18. The maximum absolute atomic E-state index is 6.19. The van der Waals surface area contributed by atoms with Gasteiger partial charge in [-0.15, -0.1) is 0 Å². The number of halogens is 3. The summed E-state index contributed by atoms with van der Waals surface area (Å²) in [7, 11) is 0. The first-order valence-electron chi connectivity index (χ1n) is 5.12. The summed E-state index contributed by atoms with van der Waals surface area (Å²) in [6.45, 7) is 4.41. The fourth-order valence-electron chi connectivity index (χ4n) is 1.60. The van der Waals surface area contributed by atoms with Crippen molar-refractivity contribution in [2.75, 3.05) is 0 Å². The van der Waals surface area contributed by atoms with Crippen molar-refractivity contribution in [3.05, 3.63) is 33.3 Å². The van der Waals surface area contributed by atoms with E-state index in [1.165, 1.54) is 12.0 Å². The van der Waals surface area contributed by atoms with Gasteiger partial charge in [-0.1, -0.05) is 69.8 Å².